The van der Waals surface area contributed by atoms with E-state index in [9.17, 15) is 14.4 Å². The molecule has 178 valence electrons. The Bertz CT molecular complexity index is 1420. The summed E-state index contributed by atoms with van der Waals surface area (Å²) in [6.45, 7) is 4.80. The van der Waals surface area contributed by atoms with Gasteiger partial charge >= 0.3 is 11.8 Å². The molecule has 35 heavy (non-hydrogen) atoms. The lowest BCUT2D eigenvalue weighted by Crippen LogP contribution is -2.37. The van der Waals surface area contributed by atoms with Crippen LogP contribution in [0.15, 0.2) is 77.9 Å². The van der Waals surface area contributed by atoms with E-state index in [0.29, 0.717) is 11.4 Å². The van der Waals surface area contributed by atoms with Crippen molar-refractivity contribution in [2.45, 2.75) is 33.4 Å². The van der Waals surface area contributed by atoms with E-state index in [2.05, 4.69) is 44.8 Å². The zero-order chi connectivity index (χ0) is 24.8. The Morgan fingerprint density at radius 2 is 1.57 bits per heavy atom. The number of nitrogens with one attached hydrogen (secondary N) is 3. The van der Waals surface area contributed by atoms with Gasteiger partial charge in [-0.25, -0.2) is 5.43 Å². The van der Waals surface area contributed by atoms with Crippen LogP contribution in [-0.4, -0.2) is 28.0 Å². The largest absolute Gasteiger partial charge is 0.344 e. The van der Waals surface area contributed by atoms with E-state index in [1.807, 2.05) is 60.7 Å². The highest BCUT2D eigenvalue weighted by Crippen LogP contribution is 2.31. The van der Waals surface area contributed by atoms with E-state index >= 15 is 0 Å². The molecule has 3 N–H and O–H groups in total. The minimum Gasteiger partial charge on any atom is -0.344 e. The number of hydrogen-bond acceptors (Lipinski definition) is 4. The van der Waals surface area contributed by atoms with Crippen LogP contribution < -0.4 is 16.1 Å². The molecule has 4 aromatic rings. The fourth-order valence-corrected chi connectivity index (χ4v) is 4.00. The second-order valence-electron chi connectivity index (χ2n) is 8.17. The van der Waals surface area contributed by atoms with Gasteiger partial charge in [-0.1, -0.05) is 48.5 Å². The molecule has 0 atom stereocenters. The van der Waals surface area contributed by atoms with E-state index < -0.39 is 11.8 Å². The van der Waals surface area contributed by atoms with Gasteiger partial charge in [0.25, 0.3) is 0 Å². The predicted molar refractivity (Wildman–Crippen MR) is 138 cm³/mol. The van der Waals surface area contributed by atoms with Gasteiger partial charge in [0, 0.05) is 46.3 Å². The van der Waals surface area contributed by atoms with Gasteiger partial charge in [-0.3, -0.25) is 14.4 Å². The van der Waals surface area contributed by atoms with Crippen molar-refractivity contribution in [3.05, 3.63) is 78.4 Å². The summed E-state index contributed by atoms with van der Waals surface area (Å²) >= 11 is 0. The molecule has 0 aliphatic rings. The van der Waals surface area contributed by atoms with E-state index in [4.69, 9.17) is 0 Å². The van der Waals surface area contributed by atoms with Gasteiger partial charge in [0.2, 0.25) is 5.91 Å². The van der Waals surface area contributed by atoms with Gasteiger partial charge in [0.15, 0.2) is 0 Å². The topological polar surface area (TPSA) is 105 Å². The molecule has 0 spiro atoms. The average Bonchev–Trinajstić information content (AvgIpc) is 3.19. The number of carbonyl (C=O) groups excluding carboxylic acids is 3. The maximum Gasteiger partial charge on any atom is 0.329 e. The number of benzene rings is 3. The number of para-hydroxylation sites is 1. The Balaban J connectivity index is 1.34. The number of anilines is 1. The first-order valence-corrected chi connectivity index (χ1v) is 11.4. The van der Waals surface area contributed by atoms with Crippen molar-refractivity contribution in [1.29, 1.82) is 0 Å². The second-order valence-corrected chi connectivity index (χ2v) is 8.17. The summed E-state index contributed by atoms with van der Waals surface area (Å²) in [4.78, 5) is 36.4. The SMILES string of the molecule is CCn1c2ccccc2c2cc(NC(=O)CC(C)=NNC(=O)C(=O)NCc3ccccc3)ccc21. The summed E-state index contributed by atoms with van der Waals surface area (Å²) in [5.74, 6) is -1.96. The first-order valence-electron chi connectivity index (χ1n) is 11.4. The number of rotatable bonds is 7. The zero-order valence-corrected chi connectivity index (χ0v) is 19.7. The van der Waals surface area contributed by atoms with Crippen molar-refractivity contribution in [3.8, 4) is 0 Å². The third-order valence-corrected chi connectivity index (χ3v) is 5.64. The van der Waals surface area contributed by atoms with Crippen LogP contribution in [0, 0.1) is 0 Å². The van der Waals surface area contributed by atoms with Crippen LogP contribution in [0.3, 0.4) is 0 Å². The van der Waals surface area contributed by atoms with Crippen molar-refractivity contribution in [2.75, 3.05) is 5.32 Å². The molecular formula is C27H27N5O3. The summed E-state index contributed by atoms with van der Waals surface area (Å²) in [6, 6.07) is 23.3. The number of amides is 3. The molecule has 0 radical (unpaired) electrons. The fourth-order valence-electron chi connectivity index (χ4n) is 4.00. The normalized spacial score (nSPS) is 11.4. The quantitative estimate of drug-likeness (QED) is 0.217. The van der Waals surface area contributed by atoms with Crippen LogP contribution in [0.1, 0.15) is 25.8 Å². The molecular weight excluding hydrogens is 442 g/mol. The molecule has 0 aliphatic heterocycles. The first kappa shape index (κ1) is 23.7. The molecule has 0 saturated carbocycles. The number of carbonyl (C=O) groups is 3. The molecule has 3 aromatic carbocycles. The molecule has 1 heterocycles. The average molecular weight is 470 g/mol. The zero-order valence-electron chi connectivity index (χ0n) is 19.7. The lowest BCUT2D eigenvalue weighted by molar-refractivity contribution is -0.139. The van der Waals surface area contributed by atoms with Crippen molar-refractivity contribution in [1.82, 2.24) is 15.3 Å². The van der Waals surface area contributed by atoms with Gasteiger partial charge in [0.1, 0.15) is 0 Å². The number of hydrazone groups is 1. The molecule has 0 unspecified atom stereocenters. The number of nitrogens with zero attached hydrogens (tertiary/aromatic N) is 2. The maximum absolute atomic E-state index is 12.5. The molecule has 0 fully saturated rings. The number of hydrogen-bond donors (Lipinski definition) is 3. The van der Waals surface area contributed by atoms with E-state index in [-0.39, 0.29) is 18.9 Å². The number of aromatic nitrogens is 1. The molecule has 8 heteroatoms. The van der Waals surface area contributed by atoms with Gasteiger partial charge in [-0.05, 0) is 43.7 Å². The molecule has 8 nitrogen and oxygen atoms in total. The Hall–Kier alpha value is -4.46. The summed E-state index contributed by atoms with van der Waals surface area (Å²) in [6.07, 6.45) is -0.0271. The minimum atomic E-state index is -0.890. The highest BCUT2D eigenvalue weighted by Gasteiger charge is 2.14. The van der Waals surface area contributed by atoms with Crippen LogP contribution in [0.2, 0.25) is 0 Å². The standard InChI is InChI=1S/C27H27N5O3/c1-3-32-23-12-8-7-11-21(23)22-16-20(13-14-24(22)32)29-25(33)15-18(2)30-31-27(35)26(34)28-17-19-9-5-4-6-10-19/h4-14,16H,3,15,17H2,1-2H3,(H,28,34)(H,29,33)(H,31,35). The van der Waals surface area contributed by atoms with E-state index in [1.165, 1.54) is 0 Å². The third kappa shape index (κ3) is 5.55. The van der Waals surface area contributed by atoms with Crippen molar-refractivity contribution >= 4 is 50.9 Å². The summed E-state index contributed by atoms with van der Waals surface area (Å²) in [5, 5.41) is 11.5. The predicted octanol–water partition coefficient (Wildman–Crippen LogP) is 3.95. The lowest BCUT2D eigenvalue weighted by atomic mass is 10.1. The Kier molecular flexibility index (Phi) is 7.21. The van der Waals surface area contributed by atoms with Crippen molar-refractivity contribution in [3.63, 3.8) is 0 Å². The van der Waals surface area contributed by atoms with Crippen LogP contribution in [-0.2, 0) is 27.5 Å². The molecule has 0 saturated heterocycles. The molecule has 4 rings (SSSR count). The van der Waals surface area contributed by atoms with Crippen LogP contribution in [0.4, 0.5) is 5.69 Å². The number of aryl methyl sites for hydroxylation is 1. The second kappa shape index (κ2) is 10.6. The van der Waals surface area contributed by atoms with Crippen molar-refractivity contribution in [2.24, 2.45) is 5.10 Å². The van der Waals surface area contributed by atoms with Gasteiger partial charge < -0.3 is 15.2 Å². The van der Waals surface area contributed by atoms with Gasteiger partial charge in [-0.15, -0.1) is 0 Å². The smallest absolute Gasteiger partial charge is 0.329 e. The summed E-state index contributed by atoms with van der Waals surface area (Å²) in [5.41, 5.74) is 6.38. The lowest BCUT2D eigenvalue weighted by Gasteiger charge is -2.07. The highest BCUT2D eigenvalue weighted by atomic mass is 16.2. The fraction of sp³-hybridized carbons (Fsp3) is 0.185. The van der Waals surface area contributed by atoms with Crippen LogP contribution >= 0.6 is 0 Å². The third-order valence-electron chi connectivity index (χ3n) is 5.64. The molecule has 1 aromatic heterocycles. The maximum atomic E-state index is 12.5. The van der Waals surface area contributed by atoms with Crippen molar-refractivity contribution < 1.29 is 14.4 Å². The summed E-state index contributed by atoms with van der Waals surface area (Å²) in [7, 11) is 0. The first-order chi connectivity index (χ1) is 17.0. The van der Waals surface area contributed by atoms with Crippen LogP contribution in [0.5, 0.6) is 0 Å². The molecule has 0 aliphatic carbocycles. The monoisotopic (exact) mass is 469 g/mol. The Labute approximate surface area is 203 Å². The highest BCUT2D eigenvalue weighted by molar-refractivity contribution is 6.35. The molecule has 0 bridgehead atoms. The van der Waals surface area contributed by atoms with E-state index in [1.54, 1.807) is 6.92 Å². The molecule has 3 amide bonds. The van der Waals surface area contributed by atoms with Gasteiger partial charge in [-0.2, -0.15) is 5.10 Å². The van der Waals surface area contributed by atoms with Crippen LogP contribution in [0.25, 0.3) is 21.8 Å². The minimum absolute atomic E-state index is 0.0271. The number of fused-ring (bicyclic) bond motifs is 3. The Morgan fingerprint density at radius 3 is 2.34 bits per heavy atom. The Morgan fingerprint density at radius 1 is 0.857 bits per heavy atom. The summed E-state index contributed by atoms with van der Waals surface area (Å²) < 4.78 is 2.24. The van der Waals surface area contributed by atoms with Gasteiger partial charge in [0.05, 0.1) is 6.42 Å². The van der Waals surface area contributed by atoms with E-state index in [0.717, 1.165) is 33.9 Å².